The third kappa shape index (κ3) is 3.34. The normalized spacial score (nSPS) is 11.8. The van der Waals surface area contributed by atoms with Gasteiger partial charge in [-0.1, -0.05) is 0 Å². The zero-order valence-electron chi connectivity index (χ0n) is 12.1. The summed E-state index contributed by atoms with van der Waals surface area (Å²) >= 11 is 0. The molecule has 0 aliphatic carbocycles. The molecule has 0 fully saturated rings. The van der Waals surface area contributed by atoms with E-state index < -0.39 is 11.8 Å². The van der Waals surface area contributed by atoms with Gasteiger partial charge in [0.2, 0.25) is 0 Å². The number of carbonyl (C=O) groups excluding carboxylic acids is 1. The second-order valence-corrected chi connectivity index (χ2v) is 4.58. The number of methoxy groups -OCH3 is 1. The molecule has 1 aromatic carbocycles. The van der Waals surface area contributed by atoms with E-state index in [1.807, 2.05) is 13.8 Å². The van der Waals surface area contributed by atoms with Gasteiger partial charge in [0, 0.05) is 12.4 Å². The second kappa shape index (κ2) is 6.30. The lowest BCUT2D eigenvalue weighted by molar-refractivity contribution is 0.0600. The van der Waals surface area contributed by atoms with E-state index in [0.717, 1.165) is 11.4 Å². The lowest BCUT2D eigenvalue weighted by atomic mass is 10.1. The first-order valence-corrected chi connectivity index (χ1v) is 6.45. The number of hydrogen-bond donors (Lipinski definition) is 1. The van der Waals surface area contributed by atoms with Crippen LogP contribution < -0.4 is 5.32 Å². The topological polar surface area (TPSA) is 64.1 Å². The molecular formula is C15H16FN3O2. The smallest absolute Gasteiger partial charge is 0.337 e. The molecule has 1 heterocycles. The highest BCUT2D eigenvalue weighted by Crippen LogP contribution is 2.23. The summed E-state index contributed by atoms with van der Waals surface area (Å²) in [7, 11) is 1.28. The number of carbonyl (C=O) groups is 1. The molecule has 110 valence electrons. The fraction of sp³-hybridized carbons (Fsp3) is 0.267. The highest BCUT2D eigenvalue weighted by Gasteiger charge is 2.15. The van der Waals surface area contributed by atoms with Crippen molar-refractivity contribution in [1.82, 2.24) is 9.97 Å². The Kier molecular flexibility index (Phi) is 4.47. The summed E-state index contributed by atoms with van der Waals surface area (Å²) in [6, 6.07) is 3.78. The van der Waals surface area contributed by atoms with E-state index >= 15 is 0 Å². The SMILES string of the molecule is COC(=O)c1ccc(F)c(NC(C)c2nccnc2C)c1. The quantitative estimate of drug-likeness (QED) is 0.877. The summed E-state index contributed by atoms with van der Waals surface area (Å²) in [4.78, 5) is 19.9. The van der Waals surface area contributed by atoms with E-state index in [0.29, 0.717) is 0 Å². The zero-order chi connectivity index (χ0) is 15.4. The Morgan fingerprint density at radius 2 is 2.05 bits per heavy atom. The minimum atomic E-state index is -0.513. The van der Waals surface area contributed by atoms with Gasteiger partial charge in [0.25, 0.3) is 0 Å². The Morgan fingerprint density at radius 3 is 2.71 bits per heavy atom. The van der Waals surface area contributed by atoms with E-state index in [1.54, 1.807) is 12.4 Å². The standard InChI is InChI=1S/C15H16FN3O2/c1-9-14(18-7-6-17-9)10(2)19-13-8-11(15(20)21-3)4-5-12(13)16/h4-8,10,19H,1-3H3. The highest BCUT2D eigenvalue weighted by atomic mass is 19.1. The molecule has 2 aromatic rings. The number of rotatable bonds is 4. The van der Waals surface area contributed by atoms with Crippen molar-refractivity contribution in [3.05, 3.63) is 53.4 Å². The molecule has 5 nitrogen and oxygen atoms in total. The van der Waals surface area contributed by atoms with Gasteiger partial charge < -0.3 is 10.1 Å². The Hall–Kier alpha value is -2.50. The average molecular weight is 289 g/mol. The molecular weight excluding hydrogens is 273 g/mol. The molecule has 0 radical (unpaired) electrons. The number of anilines is 1. The first kappa shape index (κ1) is 14.9. The number of nitrogens with one attached hydrogen (secondary N) is 1. The second-order valence-electron chi connectivity index (χ2n) is 4.58. The molecule has 1 atom stereocenters. The van der Waals surface area contributed by atoms with Gasteiger partial charge in [-0.2, -0.15) is 0 Å². The van der Waals surface area contributed by atoms with Crippen molar-refractivity contribution in [3.63, 3.8) is 0 Å². The molecule has 0 saturated carbocycles. The van der Waals surface area contributed by atoms with Crippen LogP contribution in [-0.2, 0) is 4.74 Å². The Bertz CT molecular complexity index is 661. The molecule has 0 amide bonds. The fourth-order valence-electron chi connectivity index (χ4n) is 2.03. The predicted molar refractivity (Wildman–Crippen MR) is 76.5 cm³/mol. The van der Waals surface area contributed by atoms with E-state index in [-0.39, 0.29) is 17.3 Å². The summed E-state index contributed by atoms with van der Waals surface area (Å²) in [6.45, 7) is 3.68. The van der Waals surface area contributed by atoms with Gasteiger partial charge in [0.15, 0.2) is 0 Å². The third-order valence-corrected chi connectivity index (χ3v) is 3.09. The van der Waals surface area contributed by atoms with Crippen LogP contribution in [0.25, 0.3) is 0 Å². The van der Waals surface area contributed by atoms with Crippen LogP contribution in [0.4, 0.5) is 10.1 Å². The van der Waals surface area contributed by atoms with Gasteiger partial charge in [-0.15, -0.1) is 0 Å². The van der Waals surface area contributed by atoms with Crippen molar-refractivity contribution in [2.24, 2.45) is 0 Å². The molecule has 0 saturated heterocycles. The van der Waals surface area contributed by atoms with E-state index in [9.17, 15) is 9.18 Å². The van der Waals surface area contributed by atoms with Crippen molar-refractivity contribution < 1.29 is 13.9 Å². The summed E-state index contributed by atoms with van der Waals surface area (Å²) in [6.07, 6.45) is 3.19. The van der Waals surface area contributed by atoms with Crippen LogP contribution in [-0.4, -0.2) is 23.0 Å². The predicted octanol–water partition coefficient (Wildman–Crippen LogP) is 2.88. The highest BCUT2D eigenvalue weighted by molar-refractivity contribution is 5.90. The van der Waals surface area contributed by atoms with E-state index in [1.165, 1.54) is 25.3 Å². The number of ether oxygens (including phenoxy) is 1. The fourth-order valence-corrected chi connectivity index (χ4v) is 2.03. The number of hydrogen-bond acceptors (Lipinski definition) is 5. The zero-order valence-corrected chi connectivity index (χ0v) is 12.1. The van der Waals surface area contributed by atoms with Crippen molar-refractivity contribution in [1.29, 1.82) is 0 Å². The monoisotopic (exact) mass is 289 g/mol. The van der Waals surface area contributed by atoms with Crippen molar-refractivity contribution in [2.75, 3.05) is 12.4 Å². The van der Waals surface area contributed by atoms with Crippen molar-refractivity contribution >= 4 is 11.7 Å². The lowest BCUT2D eigenvalue weighted by Crippen LogP contribution is -2.13. The molecule has 0 aliphatic rings. The van der Waals surface area contributed by atoms with Gasteiger partial charge in [-0.3, -0.25) is 9.97 Å². The largest absolute Gasteiger partial charge is 0.465 e. The minimum absolute atomic E-state index is 0.218. The van der Waals surface area contributed by atoms with Crippen LogP contribution in [0.1, 0.15) is 34.7 Å². The first-order chi connectivity index (χ1) is 10.0. The van der Waals surface area contributed by atoms with E-state index in [2.05, 4.69) is 20.0 Å². The molecule has 0 bridgehead atoms. The number of halogens is 1. The van der Waals surface area contributed by atoms with Crippen molar-refractivity contribution in [3.8, 4) is 0 Å². The van der Waals surface area contributed by atoms with E-state index in [4.69, 9.17) is 0 Å². The number of aromatic nitrogens is 2. The maximum absolute atomic E-state index is 13.9. The lowest BCUT2D eigenvalue weighted by Gasteiger charge is -2.17. The summed E-state index contributed by atoms with van der Waals surface area (Å²) < 4.78 is 18.5. The number of aryl methyl sites for hydroxylation is 1. The number of esters is 1. The van der Waals surface area contributed by atoms with Gasteiger partial charge in [-0.05, 0) is 32.0 Å². The van der Waals surface area contributed by atoms with Crippen LogP contribution in [0.5, 0.6) is 0 Å². The average Bonchev–Trinajstić information content (AvgIpc) is 2.49. The maximum Gasteiger partial charge on any atom is 0.337 e. The molecule has 2 rings (SSSR count). The number of benzene rings is 1. The first-order valence-electron chi connectivity index (χ1n) is 6.45. The summed E-state index contributed by atoms with van der Waals surface area (Å²) in [5, 5.41) is 3.00. The molecule has 6 heteroatoms. The van der Waals surface area contributed by atoms with Crippen LogP contribution in [0, 0.1) is 12.7 Å². The van der Waals surface area contributed by atoms with Crippen LogP contribution in [0.3, 0.4) is 0 Å². The van der Waals surface area contributed by atoms with Gasteiger partial charge in [0.1, 0.15) is 5.82 Å². The van der Waals surface area contributed by atoms with Gasteiger partial charge in [-0.25, -0.2) is 9.18 Å². The molecule has 0 spiro atoms. The summed E-state index contributed by atoms with van der Waals surface area (Å²) in [5.74, 6) is -0.961. The number of nitrogens with zero attached hydrogens (tertiary/aromatic N) is 2. The minimum Gasteiger partial charge on any atom is -0.465 e. The van der Waals surface area contributed by atoms with Gasteiger partial charge >= 0.3 is 5.97 Å². The molecule has 1 aromatic heterocycles. The molecule has 21 heavy (non-hydrogen) atoms. The summed E-state index contributed by atoms with van der Waals surface area (Å²) in [5.41, 5.74) is 1.99. The van der Waals surface area contributed by atoms with Crippen LogP contribution in [0.2, 0.25) is 0 Å². The Balaban J connectivity index is 2.27. The van der Waals surface area contributed by atoms with Crippen molar-refractivity contribution in [2.45, 2.75) is 19.9 Å². The third-order valence-electron chi connectivity index (χ3n) is 3.09. The van der Waals surface area contributed by atoms with Gasteiger partial charge in [0.05, 0.1) is 35.8 Å². The molecule has 1 unspecified atom stereocenters. The molecule has 0 aliphatic heterocycles. The maximum atomic E-state index is 13.9. The Morgan fingerprint density at radius 1 is 1.33 bits per heavy atom. The molecule has 1 N–H and O–H groups in total. The van der Waals surface area contributed by atoms with Crippen LogP contribution >= 0.6 is 0 Å². The Labute approximate surface area is 122 Å². The van der Waals surface area contributed by atoms with Crippen LogP contribution in [0.15, 0.2) is 30.6 Å².